The van der Waals surface area contributed by atoms with E-state index in [0.29, 0.717) is 0 Å². The average molecular weight is 152 g/mol. The second-order valence-corrected chi connectivity index (χ2v) is 3.63. The van der Waals surface area contributed by atoms with Gasteiger partial charge in [0, 0.05) is 11.1 Å². The molecule has 52 valence electrons. The highest BCUT2D eigenvalue weighted by Crippen LogP contribution is 2.14. The lowest BCUT2D eigenvalue weighted by Crippen LogP contribution is -1.64. The minimum atomic E-state index is 1.07. The molecule has 0 aliphatic carbocycles. The van der Waals surface area contributed by atoms with E-state index in [1.807, 2.05) is 13.1 Å². The fourth-order valence-electron chi connectivity index (χ4n) is 1.03. The van der Waals surface area contributed by atoms with Crippen molar-refractivity contribution in [1.29, 1.82) is 0 Å². The molecule has 0 bridgehead atoms. The van der Waals surface area contributed by atoms with Crippen LogP contribution in [0.3, 0.4) is 0 Å². The van der Waals surface area contributed by atoms with Crippen molar-refractivity contribution in [2.45, 2.75) is 13.8 Å². The molecule has 0 N–H and O–H groups in total. The second kappa shape index (κ2) is 1.83. The molecule has 2 aromatic heterocycles. The number of aryl methyl sites for hydroxylation is 2. The number of fused-ring (bicyclic) bond motifs is 1. The van der Waals surface area contributed by atoms with Crippen LogP contribution in [0.15, 0.2) is 12.3 Å². The van der Waals surface area contributed by atoms with Gasteiger partial charge in [-0.1, -0.05) is 11.5 Å². The molecular weight excluding hydrogens is 144 g/mol. The van der Waals surface area contributed by atoms with Gasteiger partial charge in [0.1, 0.15) is 5.65 Å². The Hall–Kier alpha value is -0.830. The van der Waals surface area contributed by atoms with Gasteiger partial charge in [-0.3, -0.25) is 3.79 Å². The van der Waals surface area contributed by atoms with Gasteiger partial charge >= 0.3 is 0 Å². The van der Waals surface area contributed by atoms with Crippen molar-refractivity contribution in [3.05, 3.63) is 22.8 Å². The minimum absolute atomic E-state index is 1.07. The highest BCUT2D eigenvalue weighted by molar-refractivity contribution is 7.06. The van der Waals surface area contributed by atoms with Crippen molar-refractivity contribution in [3.63, 3.8) is 0 Å². The van der Waals surface area contributed by atoms with E-state index in [9.17, 15) is 0 Å². The molecular formula is C7H8N2S. The van der Waals surface area contributed by atoms with E-state index >= 15 is 0 Å². The molecule has 2 heterocycles. The molecule has 0 unspecified atom stereocenters. The van der Waals surface area contributed by atoms with Crippen molar-refractivity contribution >= 4 is 17.2 Å². The van der Waals surface area contributed by atoms with Crippen LogP contribution < -0.4 is 0 Å². The van der Waals surface area contributed by atoms with E-state index in [1.54, 1.807) is 11.5 Å². The Morgan fingerprint density at radius 2 is 2.30 bits per heavy atom. The maximum atomic E-state index is 4.31. The Morgan fingerprint density at radius 3 is 3.00 bits per heavy atom. The van der Waals surface area contributed by atoms with Crippen LogP contribution in [0.5, 0.6) is 0 Å². The van der Waals surface area contributed by atoms with Crippen LogP contribution in [-0.2, 0) is 0 Å². The van der Waals surface area contributed by atoms with Gasteiger partial charge in [0.15, 0.2) is 0 Å². The van der Waals surface area contributed by atoms with Gasteiger partial charge in [-0.2, -0.15) is 0 Å². The topological polar surface area (TPSA) is 17.3 Å². The second-order valence-electron chi connectivity index (χ2n) is 2.41. The fourth-order valence-corrected chi connectivity index (χ4v) is 1.89. The van der Waals surface area contributed by atoms with Crippen LogP contribution in [-0.4, -0.2) is 8.77 Å². The number of hydrogen-bond acceptors (Lipinski definition) is 2. The summed E-state index contributed by atoms with van der Waals surface area (Å²) in [4.78, 5) is 5.62. The molecule has 0 radical (unpaired) electrons. The minimum Gasteiger partial charge on any atom is -0.255 e. The van der Waals surface area contributed by atoms with Crippen LogP contribution in [0.1, 0.15) is 10.6 Å². The molecule has 0 atom stereocenters. The zero-order chi connectivity index (χ0) is 7.14. The molecule has 0 aliphatic rings. The maximum Gasteiger partial charge on any atom is 0.147 e. The third-order valence-electron chi connectivity index (χ3n) is 1.40. The van der Waals surface area contributed by atoms with Crippen molar-refractivity contribution in [2.24, 2.45) is 0 Å². The summed E-state index contributed by atoms with van der Waals surface area (Å²) in [6.45, 7) is 4.10. The van der Waals surface area contributed by atoms with E-state index in [4.69, 9.17) is 0 Å². The zero-order valence-electron chi connectivity index (χ0n) is 5.96. The quantitative estimate of drug-likeness (QED) is 0.564. The molecule has 0 amide bonds. The van der Waals surface area contributed by atoms with Gasteiger partial charge < -0.3 is 0 Å². The first-order valence-electron chi connectivity index (χ1n) is 3.18. The molecule has 0 spiro atoms. The third-order valence-corrected chi connectivity index (χ3v) is 2.29. The first kappa shape index (κ1) is 5.92. The number of aromatic nitrogens is 2. The SMILES string of the molecule is Cc1cn2sc(C)cc2n1. The van der Waals surface area contributed by atoms with Crippen molar-refractivity contribution in [1.82, 2.24) is 8.77 Å². The van der Waals surface area contributed by atoms with Crippen LogP contribution in [0.2, 0.25) is 0 Å². The largest absolute Gasteiger partial charge is 0.255 e. The highest BCUT2D eigenvalue weighted by atomic mass is 32.1. The van der Waals surface area contributed by atoms with E-state index in [2.05, 4.69) is 21.8 Å². The Kier molecular flexibility index (Phi) is 1.08. The summed E-state index contributed by atoms with van der Waals surface area (Å²) in [5.74, 6) is 0. The summed E-state index contributed by atoms with van der Waals surface area (Å²) in [5, 5.41) is 0. The van der Waals surface area contributed by atoms with Crippen LogP contribution in [0, 0.1) is 13.8 Å². The maximum absolute atomic E-state index is 4.31. The van der Waals surface area contributed by atoms with Crippen molar-refractivity contribution < 1.29 is 0 Å². The predicted octanol–water partition coefficient (Wildman–Crippen LogP) is 2.01. The molecule has 0 aromatic carbocycles. The number of hydrogen-bond donors (Lipinski definition) is 0. The molecule has 2 aromatic rings. The molecule has 3 heteroatoms. The van der Waals surface area contributed by atoms with E-state index < -0.39 is 0 Å². The van der Waals surface area contributed by atoms with Gasteiger partial charge in [-0.05, 0) is 19.9 Å². The number of imidazole rings is 1. The summed E-state index contributed by atoms with van der Waals surface area (Å²) < 4.78 is 2.09. The summed E-state index contributed by atoms with van der Waals surface area (Å²) in [6.07, 6.45) is 2.05. The molecule has 2 rings (SSSR count). The number of rotatable bonds is 0. The van der Waals surface area contributed by atoms with Gasteiger partial charge in [0.2, 0.25) is 0 Å². The van der Waals surface area contributed by atoms with Crippen LogP contribution in [0.4, 0.5) is 0 Å². The first-order valence-corrected chi connectivity index (χ1v) is 3.96. The Morgan fingerprint density at radius 1 is 1.50 bits per heavy atom. The molecule has 0 saturated heterocycles. The average Bonchev–Trinajstić information content (AvgIpc) is 2.21. The summed E-state index contributed by atoms with van der Waals surface area (Å²) >= 11 is 1.73. The predicted molar refractivity (Wildman–Crippen MR) is 42.5 cm³/mol. The van der Waals surface area contributed by atoms with Gasteiger partial charge in [0.25, 0.3) is 0 Å². The summed E-state index contributed by atoms with van der Waals surface area (Å²) in [5.41, 5.74) is 2.16. The standard InChI is InChI=1S/C7H8N2S/c1-5-4-9-7(8-5)3-6(2)10-9/h3-4H,1-2H3. The Bertz CT molecular complexity index is 295. The van der Waals surface area contributed by atoms with Crippen molar-refractivity contribution in [3.8, 4) is 0 Å². The zero-order valence-corrected chi connectivity index (χ0v) is 6.77. The van der Waals surface area contributed by atoms with Crippen LogP contribution in [0.25, 0.3) is 5.65 Å². The molecule has 2 nitrogen and oxygen atoms in total. The van der Waals surface area contributed by atoms with Gasteiger partial charge in [-0.15, -0.1) is 0 Å². The molecule has 0 saturated carbocycles. The lowest BCUT2D eigenvalue weighted by Gasteiger charge is -1.75. The lowest BCUT2D eigenvalue weighted by molar-refractivity contribution is 1.30. The number of nitrogens with zero attached hydrogens (tertiary/aromatic N) is 2. The highest BCUT2D eigenvalue weighted by Gasteiger charge is 1.98. The van der Waals surface area contributed by atoms with Gasteiger partial charge in [0.05, 0.1) is 5.69 Å². The smallest absolute Gasteiger partial charge is 0.147 e. The monoisotopic (exact) mass is 152 g/mol. The summed E-state index contributed by atoms with van der Waals surface area (Å²) in [6, 6.07) is 2.09. The van der Waals surface area contributed by atoms with Crippen LogP contribution >= 0.6 is 11.5 Å². The van der Waals surface area contributed by atoms with E-state index in [-0.39, 0.29) is 0 Å². The van der Waals surface area contributed by atoms with E-state index in [1.165, 1.54) is 4.88 Å². The van der Waals surface area contributed by atoms with Crippen molar-refractivity contribution in [2.75, 3.05) is 0 Å². The Balaban J connectivity index is 2.83. The molecule has 0 fully saturated rings. The first-order chi connectivity index (χ1) is 4.75. The Labute approximate surface area is 63.3 Å². The third kappa shape index (κ3) is 0.743. The van der Waals surface area contributed by atoms with Gasteiger partial charge in [-0.25, -0.2) is 4.98 Å². The normalized spacial score (nSPS) is 11.0. The lowest BCUT2D eigenvalue weighted by atomic mass is 10.5. The van der Waals surface area contributed by atoms with E-state index in [0.717, 1.165) is 11.3 Å². The molecule has 0 aliphatic heterocycles. The molecule has 10 heavy (non-hydrogen) atoms. The fraction of sp³-hybridized carbons (Fsp3) is 0.286. The summed E-state index contributed by atoms with van der Waals surface area (Å²) in [7, 11) is 0.